The first-order valence-corrected chi connectivity index (χ1v) is 8.92. The third-order valence-corrected chi connectivity index (χ3v) is 5.26. The maximum absolute atomic E-state index is 13.1. The first kappa shape index (κ1) is 15.5. The number of halogens is 1. The highest BCUT2D eigenvalue weighted by Gasteiger charge is 2.29. The second-order valence-corrected chi connectivity index (χ2v) is 6.77. The zero-order chi connectivity index (χ0) is 17.5. The maximum Gasteiger partial charge on any atom is 0.212 e. The van der Waals surface area contributed by atoms with Crippen LogP contribution in [0.2, 0.25) is 0 Å². The van der Waals surface area contributed by atoms with Crippen molar-refractivity contribution in [3.8, 4) is 11.1 Å². The molecular formula is C20H19FN4O. The van der Waals surface area contributed by atoms with Crippen LogP contribution in [0.5, 0.6) is 0 Å². The van der Waals surface area contributed by atoms with Gasteiger partial charge in [0.05, 0.1) is 29.8 Å². The molecule has 2 aromatic heterocycles. The van der Waals surface area contributed by atoms with Gasteiger partial charge in [0, 0.05) is 36.4 Å². The fourth-order valence-electron chi connectivity index (χ4n) is 3.90. The van der Waals surface area contributed by atoms with Crippen molar-refractivity contribution in [1.82, 2.24) is 9.97 Å². The minimum absolute atomic E-state index is 0.466. The lowest BCUT2D eigenvalue weighted by molar-refractivity contribution is 0.0850. The fraction of sp³-hybridized carbons (Fsp3) is 0.300. The number of fused-ring (bicyclic) bond motifs is 3. The highest BCUT2D eigenvalue weighted by Crippen LogP contribution is 2.41. The fourth-order valence-corrected chi connectivity index (χ4v) is 3.90. The molecule has 2 aliphatic rings. The summed E-state index contributed by atoms with van der Waals surface area (Å²) in [4.78, 5) is 10.8. The quantitative estimate of drug-likeness (QED) is 0.713. The molecule has 1 N–H and O–H groups in total. The standard InChI is InChI=1S/C20H19FN4O/c21-19-4-2-14(10-23-19)13-1-3-17-16(9-13)20-18(11-22-17)24-12-25(20)15-5-7-26-8-6-15/h1-4,9-11,15,24H,5-8,12H2. The Morgan fingerprint density at radius 1 is 1.04 bits per heavy atom. The topological polar surface area (TPSA) is 50.3 Å². The highest BCUT2D eigenvalue weighted by atomic mass is 19.1. The molecule has 0 aliphatic carbocycles. The van der Waals surface area contributed by atoms with Gasteiger partial charge in [-0.05, 0) is 42.7 Å². The molecule has 0 atom stereocenters. The summed E-state index contributed by atoms with van der Waals surface area (Å²) in [6.07, 6.45) is 5.55. The molecule has 26 heavy (non-hydrogen) atoms. The first-order valence-electron chi connectivity index (χ1n) is 8.92. The van der Waals surface area contributed by atoms with Crippen molar-refractivity contribution < 1.29 is 9.13 Å². The average Bonchev–Trinajstić information content (AvgIpc) is 3.13. The SMILES string of the molecule is Fc1ccc(-c2ccc3ncc4c(c3c2)N(C2CCOCC2)CN4)cn1. The van der Waals surface area contributed by atoms with Gasteiger partial charge in [0.1, 0.15) is 0 Å². The van der Waals surface area contributed by atoms with Gasteiger partial charge < -0.3 is 15.0 Å². The highest BCUT2D eigenvalue weighted by molar-refractivity contribution is 6.01. The van der Waals surface area contributed by atoms with Gasteiger partial charge >= 0.3 is 0 Å². The largest absolute Gasteiger partial charge is 0.381 e. The lowest BCUT2D eigenvalue weighted by Gasteiger charge is -2.32. The van der Waals surface area contributed by atoms with Crippen molar-refractivity contribution in [1.29, 1.82) is 0 Å². The summed E-state index contributed by atoms with van der Waals surface area (Å²) in [7, 11) is 0. The number of nitrogens with one attached hydrogen (secondary N) is 1. The molecule has 2 aliphatic heterocycles. The monoisotopic (exact) mass is 350 g/mol. The lowest BCUT2D eigenvalue weighted by atomic mass is 10.0. The van der Waals surface area contributed by atoms with E-state index in [1.807, 2.05) is 18.3 Å². The van der Waals surface area contributed by atoms with Crippen LogP contribution in [-0.4, -0.2) is 35.9 Å². The normalized spacial score (nSPS) is 17.3. The Kier molecular flexibility index (Phi) is 3.71. The van der Waals surface area contributed by atoms with E-state index in [1.54, 1.807) is 12.3 Å². The summed E-state index contributed by atoms with van der Waals surface area (Å²) in [5.74, 6) is -0.466. The maximum atomic E-state index is 13.1. The van der Waals surface area contributed by atoms with E-state index in [0.717, 1.165) is 60.4 Å². The molecule has 1 aromatic carbocycles. The van der Waals surface area contributed by atoms with Crippen LogP contribution in [0.25, 0.3) is 22.0 Å². The van der Waals surface area contributed by atoms with E-state index in [1.165, 1.54) is 11.8 Å². The van der Waals surface area contributed by atoms with Gasteiger partial charge in [-0.25, -0.2) is 4.98 Å². The molecule has 0 amide bonds. The van der Waals surface area contributed by atoms with Crippen molar-refractivity contribution in [3.05, 3.63) is 48.7 Å². The molecule has 5 nitrogen and oxygen atoms in total. The number of rotatable bonds is 2. The summed E-state index contributed by atoms with van der Waals surface area (Å²) >= 11 is 0. The van der Waals surface area contributed by atoms with Crippen molar-refractivity contribution in [2.24, 2.45) is 0 Å². The van der Waals surface area contributed by atoms with Gasteiger partial charge in [-0.3, -0.25) is 4.98 Å². The van der Waals surface area contributed by atoms with Crippen molar-refractivity contribution >= 4 is 22.3 Å². The van der Waals surface area contributed by atoms with Crippen LogP contribution in [0.1, 0.15) is 12.8 Å². The number of aromatic nitrogens is 2. The van der Waals surface area contributed by atoms with Gasteiger partial charge in [0.25, 0.3) is 0 Å². The molecule has 0 saturated carbocycles. The van der Waals surface area contributed by atoms with Gasteiger partial charge in [0.15, 0.2) is 0 Å². The molecule has 6 heteroatoms. The van der Waals surface area contributed by atoms with E-state index in [2.05, 4.69) is 26.3 Å². The smallest absolute Gasteiger partial charge is 0.212 e. The predicted molar refractivity (Wildman–Crippen MR) is 99.7 cm³/mol. The van der Waals surface area contributed by atoms with Gasteiger partial charge in [0.2, 0.25) is 5.95 Å². The van der Waals surface area contributed by atoms with E-state index in [0.29, 0.717) is 6.04 Å². The van der Waals surface area contributed by atoms with Crippen LogP contribution in [-0.2, 0) is 4.74 Å². The number of anilines is 2. The third kappa shape index (κ3) is 2.57. The molecule has 0 radical (unpaired) electrons. The summed E-state index contributed by atoms with van der Waals surface area (Å²) in [6, 6.07) is 9.79. The second-order valence-electron chi connectivity index (χ2n) is 6.77. The van der Waals surface area contributed by atoms with Crippen LogP contribution in [0.15, 0.2) is 42.7 Å². The number of pyridine rings is 2. The number of benzene rings is 1. The van der Waals surface area contributed by atoms with Crippen LogP contribution < -0.4 is 10.2 Å². The van der Waals surface area contributed by atoms with E-state index in [9.17, 15) is 4.39 Å². The Hall–Kier alpha value is -2.73. The van der Waals surface area contributed by atoms with E-state index in [-0.39, 0.29) is 0 Å². The van der Waals surface area contributed by atoms with Gasteiger partial charge in [-0.2, -0.15) is 4.39 Å². The first-order chi connectivity index (χ1) is 12.8. The molecule has 0 bridgehead atoms. The summed E-state index contributed by atoms with van der Waals surface area (Å²) in [6.45, 7) is 2.42. The Morgan fingerprint density at radius 2 is 1.88 bits per heavy atom. The molecule has 0 unspecified atom stereocenters. The zero-order valence-corrected chi connectivity index (χ0v) is 14.3. The minimum Gasteiger partial charge on any atom is -0.381 e. The van der Waals surface area contributed by atoms with Crippen molar-refractivity contribution in [3.63, 3.8) is 0 Å². The Bertz CT molecular complexity index is 954. The minimum atomic E-state index is -0.466. The number of nitrogens with zero attached hydrogens (tertiary/aromatic N) is 3. The average molecular weight is 350 g/mol. The molecule has 1 fully saturated rings. The van der Waals surface area contributed by atoms with Crippen LogP contribution in [0, 0.1) is 5.95 Å². The van der Waals surface area contributed by atoms with E-state index >= 15 is 0 Å². The molecule has 132 valence electrons. The van der Waals surface area contributed by atoms with Gasteiger partial charge in [-0.15, -0.1) is 0 Å². The number of ether oxygens (including phenoxy) is 1. The third-order valence-electron chi connectivity index (χ3n) is 5.26. The zero-order valence-electron chi connectivity index (χ0n) is 14.3. The molecule has 4 heterocycles. The van der Waals surface area contributed by atoms with Crippen molar-refractivity contribution in [2.45, 2.75) is 18.9 Å². The van der Waals surface area contributed by atoms with Crippen molar-refractivity contribution in [2.75, 3.05) is 30.1 Å². The molecule has 3 aromatic rings. The number of hydrogen-bond acceptors (Lipinski definition) is 5. The molecule has 1 saturated heterocycles. The van der Waals surface area contributed by atoms with Crippen LogP contribution >= 0.6 is 0 Å². The number of hydrogen-bond donors (Lipinski definition) is 1. The molecule has 5 rings (SSSR count). The summed E-state index contributed by atoms with van der Waals surface area (Å²) in [5.41, 5.74) is 5.15. The Labute approximate surface area is 150 Å². The van der Waals surface area contributed by atoms with Crippen LogP contribution in [0.4, 0.5) is 15.8 Å². The molecular weight excluding hydrogens is 331 g/mol. The van der Waals surface area contributed by atoms with E-state index < -0.39 is 5.95 Å². The Balaban J connectivity index is 1.62. The molecule has 0 spiro atoms. The summed E-state index contributed by atoms with van der Waals surface area (Å²) < 4.78 is 18.7. The summed E-state index contributed by atoms with van der Waals surface area (Å²) in [5, 5.41) is 4.58. The lowest BCUT2D eigenvalue weighted by Crippen LogP contribution is -2.39. The van der Waals surface area contributed by atoms with Crippen LogP contribution in [0.3, 0.4) is 0 Å². The Morgan fingerprint density at radius 3 is 2.69 bits per heavy atom. The van der Waals surface area contributed by atoms with Gasteiger partial charge in [-0.1, -0.05) is 6.07 Å². The second kappa shape index (κ2) is 6.21. The predicted octanol–water partition coefficient (Wildman–Crippen LogP) is 3.80. The van der Waals surface area contributed by atoms with E-state index in [4.69, 9.17) is 4.74 Å².